The predicted octanol–water partition coefficient (Wildman–Crippen LogP) is 3.83. The van der Waals surface area contributed by atoms with Crippen LogP contribution in [-0.4, -0.2) is 16.9 Å². The molecule has 0 radical (unpaired) electrons. The third-order valence-corrected chi connectivity index (χ3v) is 5.58. The van der Waals surface area contributed by atoms with Crippen LogP contribution in [0.15, 0.2) is 15.9 Å². The Morgan fingerprint density at radius 2 is 2.11 bits per heavy atom. The highest BCUT2D eigenvalue weighted by Crippen LogP contribution is 2.41. The molecule has 1 aliphatic carbocycles. The van der Waals surface area contributed by atoms with Gasteiger partial charge >= 0.3 is 5.97 Å². The van der Waals surface area contributed by atoms with Gasteiger partial charge in [0, 0.05) is 10.4 Å². The van der Waals surface area contributed by atoms with E-state index in [0.29, 0.717) is 23.6 Å². The lowest BCUT2D eigenvalue weighted by Crippen LogP contribution is -2.25. The molecule has 3 atom stereocenters. The van der Waals surface area contributed by atoms with Gasteiger partial charge in [0.2, 0.25) is 0 Å². The monoisotopic (exact) mass is 330 g/mol. The summed E-state index contributed by atoms with van der Waals surface area (Å²) in [5, 5.41) is 11.1. The SMILES string of the molecule is CCC1CC(C(=O)O)C(C(=O)c2sccc2Br)C1. The van der Waals surface area contributed by atoms with Gasteiger partial charge in [-0.3, -0.25) is 9.59 Å². The lowest BCUT2D eigenvalue weighted by molar-refractivity contribution is -0.142. The Hall–Kier alpha value is -0.680. The third kappa shape index (κ3) is 2.52. The molecule has 1 aromatic heterocycles. The van der Waals surface area contributed by atoms with E-state index < -0.39 is 11.9 Å². The van der Waals surface area contributed by atoms with Crippen LogP contribution in [0.5, 0.6) is 0 Å². The van der Waals surface area contributed by atoms with Gasteiger partial charge in [0.05, 0.1) is 10.8 Å². The van der Waals surface area contributed by atoms with Crippen LogP contribution >= 0.6 is 27.3 Å². The van der Waals surface area contributed by atoms with Crippen molar-refractivity contribution in [1.29, 1.82) is 0 Å². The van der Waals surface area contributed by atoms with Crippen molar-refractivity contribution in [2.24, 2.45) is 17.8 Å². The number of hydrogen-bond acceptors (Lipinski definition) is 3. The van der Waals surface area contributed by atoms with Gasteiger partial charge in [0.25, 0.3) is 0 Å². The minimum absolute atomic E-state index is 0.0137. The topological polar surface area (TPSA) is 54.4 Å². The molecule has 1 N–H and O–H groups in total. The van der Waals surface area contributed by atoms with Crippen molar-refractivity contribution < 1.29 is 14.7 Å². The normalized spacial score (nSPS) is 27.3. The van der Waals surface area contributed by atoms with Gasteiger partial charge in [0.15, 0.2) is 5.78 Å². The summed E-state index contributed by atoms with van der Waals surface area (Å²) in [6.07, 6.45) is 2.28. The number of carboxylic acids is 1. The zero-order valence-corrected chi connectivity index (χ0v) is 12.5. The van der Waals surface area contributed by atoms with Gasteiger partial charge in [-0.15, -0.1) is 11.3 Å². The molecule has 2 rings (SSSR count). The summed E-state index contributed by atoms with van der Waals surface area (Å²) in [5.74, 6) is -1.37. The summed E-state index contributed by atoms with van der Waals surface area (Å²) in [4.78, 5) is 24.3. The Bertz CT molecular complexity index is 469. The fourth-order valence-electron chi connectivity index (χ4n) is 2.68. The molecule has 1 fully saturated rings. The van der Waals surface area contributed by atoms with Crippen molar-refractivity contribution in [3.05, 3.63) is 20.8 Å². The van der Waals surface area contributed by atoms with Gasteiger partial charge in [-0.1, -0.05) is 13.3 Å². The third-order valence-electron chi connectivity index (χ3n) is 3.73. The molecular formula is C13H15BrO3S. The number of carbonyl (C=O) groups excluding carboxylic acids is 1. The predicted molar refractivity (Wildman–Crippen MR) is 74.0 cm³/mol. The number of rotatable bonds is 4. The second-order valence-corrected chi connectivity index (χ2v) is 6.53. The number of carboxylic acid groups (broad SMARTS) is 1. The zero-order chi connectivity index (χ0) is 13.3. The fraction of sp³-hybridized carbons (Fsp3) is 0.538. The van der Waals surface area contributed by atoms with Crippen molar-refractivity contribution in [3.8, 4) is 0 Å². The van der Waals surface area contributed by atoms with Gasteiger partial charge in [-0.2, -0.15) is 0 Å². The summed E-state index contributed by atoms with van der Waals surface area (Å²) >= 11 is 4.72. The second kappa shape index (κ2) is 5.53. The fourth-order valence-corrected chi connectivity index (χ4v) is 4.25. The van der Waals surface area contributed by atoms with Crippen LogP contribution in [0.1, 0.15) is 35.9 Å². The van der Waals surface area contributed by atoms with E-state index in [9.17, 15) is 14.7 Å². The number of ketones is 1. The Kier molecular flexibility index (Phi) is 4.22. The van der Waals surface area contributed by atoms with Crippen LogP contribution in [0.2, 0.25) is 0 Å². The quantitative estimate of drug-likeness (QED) is 0.853. The van der Waals surface area contributed by atoms with Crippen LogP contribution in [0.25, 0.3) is 0 Å². The molecule has 98 valence electrons. The largest absolute Gasteiger partial charge is 0.481 e. The molecule has 0 aromatic carbocycles. The molecule has 1 heterocycles. The first kappa shape index (κ1) is 13.7. The van der Waals surface area contributed by atoms with Crippen LogP contribution in [0.3, 0.4) is 0 Å². The first-order valence-corrected chi connectivity index (χ1v) is 7.71. The van der Waals surface area contributed by atoms with Gasteiger partial charge in [-0.25, -0.2) is 0 Å². The first-order chi connectivity index (χ1) is 8.54. The molecule has 3 nitrogen and oxygen atoms in total. The van der Waals surface area contributed by atoms with E-state index in [2.05, 4.69) is 22.9 Å². The van der Waals surface area contributed by atoms with E-state index in [1.165, 1.54) is 11.3 Å². The number of thiophene rings is 1. The smallest absolute Gasteiger partial charge is 0.307 e. The minimum Gasteiger partial charge on any atom is -0.481 e. The second-order valence-electron chi connectivity index (χ2n) is 4.76. The van der Waals surface area contributed by atoms with Crippen molar-refractivity contribution in [3.63, 3.8) is 0 Å². The maximum absolute atomic E-state index is 12.4. The first-order valence-electron chi connectivity index (χ1n) is 6.04. The molecule has 1 aliphatic rings. The van der Waals surface area contributed by atoms with Gasteiger partial charge in [-0.05, 0) is 46.1 Å². The van der Waals surface area contributed by atoms with Crippen LogP contribution in [0, 0.1) is 17.8 Å². The Morgan fingerprint density at radius 1 is 1.44 bits per heavy atom. The van der Waals surface area contributed by atoms with Crippen molar-refractivity contribution in [2.75, 3.05) is 0 Å². The minimum atomic E-state index is -0.836. The van der Waals surface area contributed by atoms with Gasteiger partial charge < -0.3 is 5.11 Å². The van der Waals surface area contributed by atoms with Crippen LogP contribution in [0.4, 0.5) is 0 Å². The lowest BCUT2D eigenvalue weighted by atomic mass is 9.91. The molecule has 0 amide bonds. The van der Waals surface area contributed by atoms with E-state index in [-0.39, 0.29) is 11.7 Å². The summed E-state index contributed by atoms with van der Waals surface area (Å²) in [7, 11) is 0. The molecule has 1 saturated carbocycles. The maximum atomic E-state index is 12.4. The highest BCUT2D eigenvalue weighted by atomic mass is 79.9. The summed E-state index contributed by atoms with van der Waals surface area (Å²) in [6.45, 7) is 2.05. The average molecular weight is 331 g/mol. The average Bonchev–Trinajstić information content (AvgIpc) is 2.93. The Balaban J connectivity index is 2.23. The number of halogens is 1. The van der Waals surface area contributed by atoms with Crippen molar-refractivity contribution in [2.45, 2.75) is 26.2 Å². The number of Topliss-reactive ketones (excluding diaryl/α,β-unsaturated/α-hetero) is 1. The number of aliphatic carboxylic acids is 1. The molecule has 0 aliphatic heterocycles. The maximum Gasteiger partial charge on any atom is 0.307 e. The van der Waals surface area contributed by atoms with Crippen LogP contribution < -0.4 is 0 Å². The summed E-state index contributed by atoms with van der Waals surface area (Å²) in [5.41, 5.74) is 0. The summed E-state index contributed by atoms with van der Waals surface area (Å²) < 4.78 is 0.779. The lowest BCUT2D eigenvalue weighted by Gasteiger charge is -2.13. The molecule has 5 heteroatoms. The molecule has 1 aromatic rings. The molecule has 0 spiro atoms. The van der Waals surface area contributed by atoms with E-state index in [4.69, 9.17) is 0 Å². The highest BCUT2D eigenvalue weighted by Gasteiger charge is 2.42. The molecule has 3 unspecified atom stereocenters. The molecule has 0 bridgehead atoms. The van der Waals surface area contributed by atoms with E-state index in [0.717, 1.165) is 10.9 Å². The van der Waals surface area contributed by atoms with E-state index in [1.54, 1.807) is 0 Å². The van der Waals surface area contributed by atoms with Crippen LogP contribution in [-0.2, 0) is 4.79 Å². The standard InChI is InChI=1S/C13H15BrO3S/c1-2-7-5-8(9(6-7)13(16)17)11(15)12-10(14)3-4-18-12/h3-4,7-9H,2,5-6H2,1H3,(H,16,17). The highest BCUT2D eigenvalue weighted by molar-refractivity contribution is 9.10. The van der Waals surface area contributed by atoms with Crippen molar-refractivity contribution >= 4 is 39.0 Å². The number of hydrogen-bond donors (Lipinski definition) is 1. The Labute approximate surface area is 118 Å². The van der Waals surface area contributed by atoms with E-state index >= 15 is 0 Å². The number of carbonyl (C=O) groups is 2. The molecule has 18 heavy (non-hydrogen) atoms. The molecule has 0 saturated heterocycles. The van der Waals surface area contributed by atoms with Gasteiger partial charge in [0.1, 0.15) is 0 Å². The Morgan fingerprint density at radius 3 is 2.61 bits per heavy atom. The summed E-state index contributed by atoms with van der Waals surface area (Å²) in [6, 6.07) is 1.83. The van der Waals surface area contributed by atoms with Crippen molar-refractivity contribution in [1.82, 2.24) is 0 Å². The van der Waals surface area contributed by atoms with E-state index in [1.807, 2.05) is 11.4 Å². The molecular weight excluding hydrogens is 316 g/mol. The zero-order valence-electron chi connectivity index (χ0n) is 10.1.